The highest BCUT2D eigenvalue weighted by Crippen LogP contribution is 2.23. The monoisotopic (exact) mass is 429 g/mol. The van der Waals surface area contributed by atoms with Gasteiger partial charge in [0, 0.05) is 49.7 Å². The van der Waals surface area contributed by atoms with Crippen molar-refractivity contribution in [3.05, 3.63) is 77.9 Å². The van der Waals surface area contributed by atoms with E-state index in [-0.39, 0.29) is 5.91 Å². The van der Waals surface area contributed by atoms with Crippen LogP contribution in [0.3, 0.4) is 0 Å². The summed E-state index contributed by atoms with van der Waals surface area (Å²) >= 11 is 0. The summed E-state index contributed by atoms with van der Waals surface area (Å²) in [7, 11) is 3.80. The van der Waals surface area contributed by atoms with Crippen molar-refractivity contribution < 1.29 is 4.79 Å². The van der Waals surface area contributed by atoms with Crippen molar-refractivity contribution in [3.8, 4) is 0 Å². The molecule has 0 radical (unpaired) electrons. The van der Waals surface area contributed by atoms with Crippen LogP contribution >= 0.6 is 0 Å². The van der Waals surface area contributed by atoms with Gasteiger partial charge < -0.3 is 21.0 Å². The first-order valence-electron chi connectivity index (χ1n) is 10.4. The Morgan fingerprint density at radius 3 is 2.75 bits per heavy atom. The first-order chi connectivity index (χ1) is 15.4. The molecule has 1 amide bonds. The van der Waals surface area contributed by atoms with E-state index >= 15 is 0 Å². The molecule has 8 heteroatoms. The van der Waals surface area contributed by atoms with Gasteiger partial charge in [-0.05, 0) is 54.3 Å². The number of nitrogens with one attached hydrogen (secondary N) is 1. The average molecular weight is 430 g/mol. The summed E-state index contributed by atoms with van der Waals surface area (Å²) in [5.74, 6) is 5.89. The van der Waals surface area contributed by atoms with Gasteiger partial charge in [0.2, 0.25) is 0 Å². The maximum Gasteiger partial charge on any atom is 0.256 e. The summed E-state index contributed by atoms with van der Waals surface area (Å²) in [5.41, 5.74) is 10.0. The third-order valence-electron chi connectivity index (χ3n) is 5.40. The van der Waals surface area contributed by atoms with Gasteiger partial charge in [0.1, 0.15) is 5.82 Å². The molecule has 4 rings (SSSR count). The van der Waals surface area contributed by atoms with Crippen molar-refractivity contribution in [3.63, 3.8) is 0 Å². The van der Waals surface area contributed by atoms with Gasteiger partial charge in [-0.1, -0.05) is 18.2 Å². The number of carbonyl (C=O) groups is 1. The van der Waals surface area contributed by atoms with Gasteiger partial charge >= 0.3 is 0 Å². The number of carbonyl (C=O) groups excluding carboxylic acids is 1. The minimum absolute atomic E-state index is 0.227. The van der Waals surface area contributed by atoms with Gasteiger partial charge in [0.05, 0.1) is 11.4 Å². The Labute approximate surface area is 187 Å². The van der Waals surface area contributed by atoms with Crippen LogP contribution in [0, 0.1) is 0 Å². The van der Waals surface area contributed by atoms with Gasteiger partial charge in [-0.2, -0.15) is 0 Å². The highest BCUT2D eigenvalue weighted by atomic mass is 16.1. The summed E-state index contributed by atoms with van der Waals surface area (Å²) in [6.07, 6.45) is 8.13. The first kappa shape index (κ1) is 21.5. The van der Waals surface area contributed by atoms with Gasteiger partial charge in [0.15, 0.2) is 0 Å². The minimum atomic E-state index is -0.227. The fourth-order valence-corrected chi connectivity index (χ4v) is 3.62. The predicted octanol–water partition coefficient (Wildman–Crippen LogP) is 2.66. The molecular weight excluding hydrogens is 402 g/mol. The summed E-state index contributed by atoms with van der Waals surface area (Å²) in [5, 5.41) is 6.15. The fraction of sp³-hybridized carbons (Fsp3) is 0.208. The molecule has 32 heavy (non-hydrogen) atoms. The molecule has 1 aliphatic rings. The topological polar surface area (TPSA) is 113 Å². The van der Waals surface area contributed by atoms with E-state index in [9.17, 15) is 4.79 Å². The Morgan fingerprint density at radius 2 is 2.00 bits per heavy atom. The summed E-state index contributed by atoms with van der Waals surface area (Å²) in [6.45, 7) is 1.87. The van der Waals surface area contributed by atoms with Crippen LogP contribution in [0.15, 0.2) is 61.1 Å². The van der Waals surface area contributed by atoms with Crippen molar-refractivity contribution in [2.45, 2.75) is 6.42 Å². The molecule has 3 heterocycles. The molecule has 2 aromatic heterocycles. The second-order valence-electron chi connectivity index (χ2n) is 8.01. The number of nitrogens with two attached hydrogens (primary N) is 2. The predicted molar refractivity (Wildman–Crippen MR) is 128 cm³/mol. The fourth-order valence-electron chi connectivity index (χ4n) is 3.62. The molecule has 5 N–H and O–H groups in total. The zero-order valence-electron chi connectivity index (χ0n) is 18.2. The molecule has 8 nitrogen and oxygen atoms in total. The van der Waals surface area contributed by atoms with Crippen LogP contribution in [0.1, 0.15) is 28.0 Å². The number of hydrogen-bond acceptors (Lipinski definition) is 7. The lowest BCUT2D eigenvalue weighted by molar-refractivity contribution is 0.102. The molecular formula is C24H27N7O. The highest BCUT2D eigenvalue weighted by Gasteiger charge is 2.14. The van der Waals surface area contributed by atoms with E-state index in [0.29, 0.717) is 17.1 Å². The third-order valence-corrected chi connectivity index (χ3v) is 5.40. The number of rotatable bonds is 5. The molecule has 0 atom stereocenters. The summed E-state index contributed by atoms with van der Waals surface area (Å²) < 4.78 is 0. The molecule has 0 unspecified atom stereocenters. The number of amides is 1. The zero-order valence-corrected chi connectivity index (χ0v) is 18.2. The highest BCUT2D eigenvalue weighted by molar-refractivity contribution is 6.04. The molecule has 0 spiro atoms. The van der Waals surface area contributed by atoms with E-state index < -0.39 is 0 Å². The Hall–Kier alpha value is -3.75. The summed E-state index contributed by atoms with van der Waals surface area (Å²) in [4.78, 5) is 24.0. The van der Waals surface area contributed by atoms with Crippen LogP contribution in [-0.4, -0.2) is 53.0 Å². The molecule has 0 fully saturated rings. The van der Waals surface area contributed by atoms with Crippen LogP contribution in [-0.2, 0) is 0 Å². The van der Waals surface area contributed by atoms with Gasteiger partial charge in [-0.3, -0.25) is 9.78 Å². The van der Waals surface area contributed by atoms with Crippen LogP contribution in [0.5, 0.6) is 0 Å². The molecule has 164 valence electrons. The van der Waals surface area contributed by atoms with Gasteiger partial charge in [-0.15, -0.1) is 0 Å². The van der Waals surface area contributed by atoms with Crippen molar-refractivity contribution in [1.29, 1.82) is 0 Å². The van der Waals surface area contributed by atoms with E-state index in [1.54, 1.807) is 31.7 Å². The second kappa shape index (κ2) is 9.17. The van der Waals surface area contributed by atoms with Crippen LogP contribution < -0.4 is 16.9 Å². The van der Waals surface area contributed by atoms with Crippen molar-refractivity contribution in [1.82, 2.24) is 19.9 Å². The standard InChI is InChI=1S/C24H27N7O/c1-30-9-6-16(7-10-30)22-12-18(5-8-27-22)24(32)29-23-13-20-11-17(21(25)15-31(2)26)3-4-19(20)14-28-23/h3-6,8,11-15H,7,9-10,25-26H2,1-2H3,(H,28,29,32)/b21-15-. The normalized spacial score (nSPS) is 14.8. The number of benzene rings is 1. The lowest BCUT2D eigenvalue weighted by atomic mass is 10.0. The van der Waals surface area contributed by atoms with Gasteiger partial charge in [-0.25, -0.2) is 10.8 Å². The van der Waals surface area contributed by atoms with Gasteiger partial charge in [0.25, 0.3) is 5.91 Å². The molecule has 3 aromatic rings. The number of anilines is 1. The molecule has 0 bridgehead atoms. The number of pyridine rings is 2. The number of aromatic nitrogens is 2. The smallest absolute Gasteiger partial charge is 0.256 e. The van der Waals surface area contributed by atoms with E-state index in [0.717, 1.165) is 41.5 Å². The number of nitrogens with zero attached hydrogens (tertiary/aromatic N) is 4. The second-order valence-corrected chi connectivity index (χ2v) is 8.01. The van der Waals surface area contributed by atoms with E-state index in [4.69, 9.17) is 11.6 Å². The maximum absolute atomic E-state index is 12.9. The van der Waals surface area contributed by atoms with Crippen molar-refractivity contribution in [2.75, 3.05) is 32.5 Å². The van der Waals surface area contributed by atoms with Crippen LogP contribution in [0.2, 0.25) is 0 Å². The lowest BCUT2D eigenvalue weighted by Gasteiger charge is -2.21. The minimum Gasteiger partial charge on any atom is -0.397 e. The Morgan fingerprint density at radius 1 is 1.16 bits per heavy atom. The Kier molecular flexibility index (Phi) is 6.16. The van der Waals surface area contributed by atoms with Crippen LogP contribution in [0.4, 0.5) is 5.82 Å². The molecule has 1 aromatic carbocycles. The third kappa shape index (κ3) is 4.93. The largest absolute Gasteiger partial charge is 0.397 e. The van der Waals surface area contributed by atoms with E-state index in [2.05, 4.69) is 33.3 Å². The van der Waals surface area contributed by atoms with E-state index in [1.165, 1.54) is 10.6 Å². The van der Waals surface area contributed by atoms with Crippen molar-refractivity contribution >= 4 is 33.8 Å². The van der Waals surface area contributed by atoms with Crippen molar-refractivity contribution in [2.24, 2.45) is 11.6 Å². The van der Waals surface area contributed by atoms with E-state index in [1.807, 2.05) is 30.3 Å². The molecule has 0 saturated heterocycles. The molecule has 0 saturated carbocycles. The SMILES string of the molecule is CN(N)/C=C(\N)c1ccc2cnc(NC(=O)c3ccnc(C4=CCN(C)CC4)c3)cc2c1. The number of hydrogen-bond donors (Lipinski definition) is 3. The first-order valence-corrected chi connectivity index (χ1v) is 10.4. The number of likely N-dealkylation sites (N-methyl/N-ethyl adjacent to an activating group) is 1. The number of hydrazine groups is 1. The van der Waals surface area contributed by atoms with Crippen LogP contribution in [0.25, 0.3) is 22.0 Å². The quantitative estimate of drug-likeness (QED) is 0.422. The average Bonchev–Trinajstić information content (AvgIpc) is 2.78. The Bertz CT molecular complexity index is 1220. The maximum atomic E-state index is 12.9. The molecule has 0 aliphatic carbocycles. The molecule has 1 aliphatic heterocycles. The Balaban J connectivity index is 1.55. The zero-order chi connectivity index (χ0) is 22.7. The number of fused-ring (bicyclic) bond motifs is 1. The summed E-state index contributed by atoms with van der Waals surface area (Å²) in [6, 6.07) is 11.2. The lowest BCUT2D eigenvalue weighted by Crippen LogP contribution is -2.24.